The minimum atomic E-state index is -0.479. The number of thioether (sulfide) groups is 1. The van der Waals surface area contributed by atoms with E-state index in [-0.39, 0.29) is 11.2 Å². The van der Waals surface area contributed by atoms with Gasteiger partial charge in [0.2, 0.25) is 0 Å². The predicted octanol–water partition coefficient (Wildman–Crippen LogP) is 3.39. The molecule has 21 heavy (non-hydrogen) atoms. The van der Waals surface area contributed by atoms with Gasteiger partial charge in [-0.15, -0.1) is 0 Å². The zero-order chi connectivity index (χ0) is 15.6. The third kappa shape index (κ3) is 4.14. The molecule has 0 bridgehead atoms. The Bertz CT molecular complexity index is 646. The van der Waals surface area contributed by atoms with Gasteiger partial charge in [0.15, 0.2) is 5.16 Å². The second-order valence-corrected chi connectivity index (χ2v) is 7.05. The Labute approximate surface area is 128 Å². The highest BCUT2D eigenvalue weighted by Crippen LogP contribution is 2.27. The van der Waals surface area contributed by atoms with Crippen LogP contribution >= 0.6 is 11.8 Å². The van der Waals surface area contributed by atoms with Crippen molar-refractivity contribution in [3.05, 3.63) is 18.2 Å². The number of methoxy groups -OCH3 is 1. The van der Waals surface area contributed by atoms with E-state index < -0.39 is 5.60 Å². The van der Waals surface area contributed by atoms with E-state index in [4.69, 9.17) is 9.47 Å². The summed E-state index contributed by atoms with van der Waals surface area (Å²) in [5.41, 5.74) is 1.25. The molecule has 0 saturated heterocycles. The number of imidazole rings is 1. The summed E-state index contributed by atoms with van der Waals surface area (Å²) in [7, 11) is 1.62. The van der Waals surface area contributed by atoms with Gasteiger partial charge in [-0.1, -0.05) is 11.8 Å². The van der Waals surface area contributed by atoms with Gasteiger partial charge in [0, 0.05) is 6.07 Å². The summed E-state index contributed by atoms with van der Waals surface area (Å²) in [6.45, 7) is 7.38. The van der Waals surface area contributed by atoms with Gasteiger partial charge in [0.25, 0.3) is 0 Å². The summed E-state index contributed by atoms with van der Waals surface area (Å²) in [6.07, 6.45) is 0. The lowest BCUT2D eigenvalue weighted by molar-refractivity contribution is -0.153. The third-order valence-corrected chi connectivity index (χ3v) is 3.66. The Morgan fingerprint density at radius 3 is 2.71 bits per heavy atom. The van der Waals surface area contributed by atoms with Gasteiger partial charge in [-0.2, -0.15) is 0 Å². The van der Waals surface area contributed by atoms with Gasteiger partial charge in [0.05, 0.1) is 18.1 Å². The van der Waals surface area contributed by atoms with Crippen molar-refractivity contribution in [2.24, 2.45) is 0 Å². The largest absolute Gasteiger partial charge is 0.497 e. The first kappa shape index (κ1) is 15.7. The fraction of sp³-hybridized carbons (Fsp3) is 0.467. The quantitative estimate of drug-likeness (QED) is 0.693. The molecule has 5 nitrogen and oxygen atoms in total. The van der Waals surface area contributed by atoms with Crippen LogP contribution in [0.1, 0.15) is 27.7 Å². The number of esters is 1. The van der Waals surface area contributed by atoms with Crippen molar-refractivity contribution in [3.63, 3.8) is 0 Å². The van der Waals surface area contributed by atoms with E-state index >= 15 is 0 Å². The van der Waals surface area contributed by atoms with Crippen molar-refractivity contribution in [2.45, 2.75) is 43.7 Å². The van der Waals surface area contributed by atoms with Crippen LogP contribution in [0.4, 0.5) is 0 Å². The van der Waals surface area contributed by atoms with E-state index in [2.05, 4.69) is 9.97 Å². The van der Waals surface area contributed by atoms with Crippen molar-refractivity contribution in [1.82, 2.24) is 9.97 Å². The molecule has 0 aliphatic carbocycles. The molecule has 1 aromatic heterocycles. The molecule has 114 valence electrons. The number of nitrogens with one attached hydrogen (secondary N) is 1. The van der Waals surface area contributed by atoms with Crippen molar-refractivity contribution in [2.75, 3.05) is 7.11 Å². The van der Waals surface area contributed by atoms with Crippen molar-refractivity contribution >= 4 is 28.8 Å². The number of rotatable bonds is 4. The van der Waals surface area contributed by atoms with Crippen LogP contribution in [0.25, 0.3) is 11.0 Å². The monoisotopic (exact) mass is 308 g/mol. The van der Waals surface area contributed by atoms with Crippen molar-refractivity contribution in [1.29, 1.82) is 0 Å². The first-order valence-corrected chi connectivity index (χ1v) is 7.60. The normalized spacial score (nSPS) is 13.2. The average Bonchev–Trinajstić information content (AvgIpc) is 2.77. The van der Waals surface area contributed by atoms with Gasteiger partial charge in [0.1, 0.15) is 16.6 Å². The van der Waals surface area contributed by atoms with E-state index in [1.165, 1.54) is 11.8 Å². The average molecular weight is 308 g/mol. The summed E-state index contributed by atoms with van der Waals surface area (Å²) in [6, 6.07) is 5.62. The number of fused-ring (bicyclic) bond motifs is 1. The standard InChI is InChI=1S/C15H20N2O3S/c1-9(13(18)20-15(2,3)4)21-14-16-11-7-6-10(19-5)8-12(11)17-14/h6-9H,1-5H3,(H,16,17). The summed E-state index contributed by atoms with van der Waals surface area (Å²) in [5.74, 6) is 0.522. The van der Waals surface area contributed by atoms with Crippen LogP contribution in [0.2, 0.25) is 0 Å². The van der Waals surface area contributed by atoms with Gasteiger partial charge in [-0.05, 0) is 39.8 Å². The Kier molecular flexibility index (Phi) is 4.46. The molecular weight excluding hydrogens is 288 g/mol. The molecule has 2 rings (SSSR count). The van der Waals surface area contributed by atoms with Gasteiger partial charge < -0.3 is 14.5 Å². The van der Waals surface area contributed by atoms with E-state index in [0.717, 1.165) is 16.8 Å². The molecule has 0 radical (unpaired) electrons. The SMILES string of the molecule is COc1ccc2nc(SC(C)C(=O)OC(C)(C)C)[nH]c2c1. The second-order valence-electron chi connectivity index (χ2n) is 5.72. The minimum Gasteiger partial charge on any atom is -0.497 e. The maximum Gasteiger partial charge on any atom is 0.319 e. The smallest absolute Gasteiger partial charge is 0.319 e. The van der Waals surface area contributed by atoms with Crippen LogP contribution < -0.4 is 4.74 Å². The molecular formula is C15H20N2O3S. The number of hydrogen-bond acceptors (Lipinski definition) is 5. The number of nitrogens with zero attached hydrogens (tertiary/aromatic N) is 1. The zero-order valence-electron chi connectivity index (χ0n) is 12.9. The van der Waals surface area contributed by atoms with E-state index in [0.29, 0.717) is 5.16 Å². The topological polar surface area (TPSA) is 64.2 Å². The molecule has 0 spiro atoms. The van der Waals surface area contributed by atoms with E-state index in [9.17, 15) is 4.79 Å². The summed E-state index contributed by atoms with van der Waals surface area (Å²) in [4.78, 5) is 19.6. The van der Waals surface area contributed by atoms with Crippen LogP contribution in [0, 0.1) is 0 Å². The Hall–Kier alpha value is -1.69. The Balaban J connectivity index is 2.10. The molecule has 1 aromatic carbocycles. The van der Waals surface area contributed by atoms with Gasteiger partial charge >= 0.3 is 5.97 Å². The molecule has 0 saturated carbocycles. The molecule has 2 aromatic rings. The van der Waals surface area contributed by atoms with Crippen molar-refractivity contribution in [3.8, 4) is 5.75 Å². The zero-order valence-corrected chi connectivity index (χ0v) is 13.7. The first-order chi connectivity index (χ1) is 9.78. The molecule has 0 aliphatic heterocycles. The van der Waals surface area contributed by atoms with Gasteiger partial charge in [-0.25, -0.2) is 4.98 Å². The summed E-state index contributed by atoms with van der Waals surface area (Å²) in [5, 5.41) is 0.364. The van der Waals surface area contributed by atoms with Crippen LogP contribution in [0.15, 0.2) is 23.4 Å². The van der Waals surface area contributed by atoms with Crippen LogP contribution in [0.3, 0.4) is 0 Å². The number of carbonyl (C=O) groups is 1. The fourth-order valence-corrected chi connectivity index (χ4v) is 2.55. The van der Waals surface area contributed by atoms with Crippen LogP contribution in [-0.2, 0) is 9.53 Å². The van der Waals surface area contributed by atoms with Crippen molar-refractivity contribution < 1.29 is 14.3 Å². The molecule has 1 atom stereocenters. The lowest BCUT2D eigenvalue weighted by Crippen LogP contribution is -2.28. The second kappa shape index (κ2) is 5.97. The Morgan fingerprint density at radius 1 is 1.38 bits per heavy atom. The summed E-state index contributed by atoms with van der Waals surface area (Å²) >= 11 is 1.35. The first-order valence-electron chi connectivity index (χ1n) is 6.72. The van der Waals surface area contributed by atoms with Gasteiger partial charge in [-0.3, -0.25) is 4.79 Å². The number of carbonyl (C=O) groups excluding carboxylic acids is 1. The molecule has 1 heterocycles. The molecule has 1 N–H and O–H groups in total. The lowest BCUT2D eigenvalue weighted by atomic mass is 10.2. The molecule has 0 aliphatic rings. The van der Waals surface area contributed by atoms with Crippen LogP contribution in [0.5, 0.6) is 5.75 Å². The molecule has 0 amide bonds. The molecule has 0 fully saturated rings. The number of aromatic amines is 1. The van der Waals surface area contributed by atoms with E-state index in [1.807, 2.05) is 45.9 Å². The van der Waals surface area contributed by atoms with Crippen LogP contribution in [-0.4, -0.2) is 33.9 Å². The lowest BCUT2D eigenvalue weighted by Gasteiger charge is -2.21. The minimum absolute atomic E-state index is 0.245. The third-order valence-electron chi connectivity index (χ3n) is 2.69. The predicted molar refractivity (Wildman–Crippen MR) is 83.8 cm³/mol. The number of hydrogen-bond donors (Lipinski definition) is 1. The number of H-pyrrole nitrogens is 1. The number of aromatic nitrogens is 2. The maximum absolute atomic E-state index is 12.0. The van der Waals surface area contributed by atoms with E-state index in [1.54, 1.807) is 7.11 Å². The molecule has 1 unspecified atom stereocenters. The highest BCUT2D eigenvalue weighted by Gasteiger charge is 2.23. The molecule has 6 heteroatoms. The summed E-state index contributed by atoms with van der Waals surface area (Å²) < 4.78 is 10.5. The maximum atomic E-state index is 12.0. The highest BCUT2D eigenvalue weighted by atomic mass is 32.2. The Morgan fingerprint density at radius 2 is 2.10 bits per heavy atom. The fourth-order valence-electron chi connectivity index (χ4n) is 1.75. The number of benzene rings is 1. The number of ether oxygens (including phenoxy) is 2. The highest BCUT2D eigenvalue weighted by molar-refractivity contribution is 8.00.